The van der Waals surface area contributed by atoms with E-state index in [0.29, 0.717) is 35.7 Å². The molecule has 0 aromatic heterocycles. The molecule has 1 aliphatic rings. The number of nitrogens with zero attached hydrogens (tertiary/aromatic N) is 1. The first kappa shape index (κ1) is 19.8. The van der Waals surface area contributed by atoms with Crippen molar-refractivity contribution in [2.45, 2.75) is 44.7 Å². The molecular formula is C18H28ClN3O3. The number of methoxy groups -OCH3 is 1. The maximum absolute atomic E-state index is 12.0. The molecule has 3 N–H and O–H groups in total. The second-order valence-electron chi connectivity index (χ2n) is 6.38. The fourth-order valence-electron chi connectivity index (χ4n) is 3.17. The first-order chi connectivity index (χ1) is 12.0. The van der Waals surface area contributed by atoms with E-state index in [-0.39, 0.29) is 0 Å². The molecule has 0 saturated heterocycles. The standard InChI is InChI=1S/C18H28ClN3O3/c1-22(14-6-4-3-5-7-14)8-9-25-18(23)21-16-11-17(24-2)13(12-20)10-15(16)19/h10-11,14H,3-9,12,20H2,1-2H3,(H,21,23). The minimum Gasteiger partial charge on any atom is -0.496 e. The van der Waals surface area contributed by atoms with Crippen LogP contribution in [0.15, 0.2) is 12.1 Å². The van der Waals surface area contributed by atoms with Crippen LogP contribution in [0.3, 0.4) is 0 Å². The van der Waals surface area contributed by atoms with Crippen LogP contribution in [0, 0.1) is 0 Å². The van der Waals surface area contributed by atoms with Crippen LogP contribution in [0.5, 0.6) is 5.75 Å². The smallest absolute Gasteiger partial charge is 0.411 e. The number of rotatable bonds is 7. The zero-order valence-corrected chi connectivity index (χ0v) is 15.8. The molecule has 0 atom stereocenters. The lowest BCUT2D eigenvalue weighted by Gasteiger charge is -2.30. The highest BCUT2D eigenvalue weighted by Crippen LogP contribution is 2.30. The molecule has 0 radical (unpaired) electrons. The van der Waals surface area contributed by atoms with Crippen LogP contribution in [0.2, 0.25) is 5.02 Å². The Hall–Kier alpha value is -1.50. The number of nitrogens with one attached hydrogen (secondary N) is 1. The van der Waals surface area contributed by atoms with Crippen molar-refractivity contribution in [2.24, 2.45) is 5.73 Å². The van der Waals surface area contributed by atoms with Gasteiger partial charge in [0.15, 0.2) is 0 Å². The van der Waals surface area contributed by atoms with Gasteiger partial charge in [-0.15, -0.1) is 0 Å². The number of halogens is 1. The van der Waals surface area contributed by atoms with Crippen molar-refractivity contribution in [3.05, 3.63) is 22.7 Å². The van der Waals surface area contributed by atoms with Crippen molar-refractivity contribution in [1.82, 2.24) is 4.90 Å². The number of anilines is 1. The Morgan fingerprint density at radius 3 is 2.72 bits per heavy atom. The molecule has 1 aliphatic carbocycles. The van der Waals surface area contributed by atoms with Gasteiger partial charge in [0.2, 0.25) is 0 Å². The number of nitrogens with two attached hydrogens (primary N) is 1. The van der Waals surface area contributed by atoms with E-state index in [0.717, 1.165) is 12.1 Å². The summed E-state index contributed by atoms with van der Waals surface area (Å²) in [5, 5.41) is 3.06. The fourth-order valence-corrected chi connectivity index (χ4v) is 3.41. The first-order valence-corrected chi connectivity index (χ1v) is 9.13. The van der Waals surface area contributed by atoms with Crippen LogP contribution in [-0.2, 0) is 11.3 Å². The minimum absolute atomic E-state index is 0.307. The maximum atomic E-state index is 12.0. The van der Waals surface area contributed by atoms with Crippen molar-refractivity contribution < 1.29 is 14.3 Å². The summed E-state index contributed by atoms with van der Waals surface area (Å²) in [4.78, 5) is 14.3. The average Bonchev–Trinajstić information content (AvgIpc) is 2.63. The number of ether oxygens (including phenoxy) is 2. The number of amides is 1. The van der Waals surface area contributed by atoms with Crippen molar-refractivity contribution in [1.29, 1.82) is 0 Å². The molecule has 1 aromatic carbocycles. The van der Waals surface area contributed by atoms with Gasteiger partial charge in [0.1, 0.15) is 12.4 Å². The zero-order valence-electron chi connectivity index (χ0n) is 15.0. The number of carbonyl (C=O) groups is 1. The van der Waals surface area contributed by atoms with Crippen molar-refractivity contribution in [3.63, 3.8) is 0 Å². The summed E-state index contributed by atoms with van der Waals surface area (Å²) in [7, 11) is 3.64. The third-order valence-electron chi connectivity index (χ3n) is 4.70. The zero-order chi connectivity index (χ0) is 18.2. The van der Waals surface area contributed by atoms with E-state index >= 15 is 0 Å². The second-order valence-corrected chi connectivity index (χ2v) is 6.79. The summed E-state index contributed by atoms with van der Waals surface area (Å²) < 4.78 is 10.5. The van der Waals surface area contributed by atoms with E-state index in [1.807, 2.05) is 0 Å². The molecule has 6 nitrogen and oxygen atoms in total. The van der Waals surface area contributed by atoms with Crippen LogP contribution >= 0.6 is 11.6 Å². The van der Waals surface area contributed by atoms with Gasteiger partial charge < -0.3 is 20.1 Å². The van der Waals surface area contributed by atoms with Gasteiger partial charge in [0, 0.05) is 30.8 Å². The Bertz CT molecular complexity index is 577. The van der Waals surface area contributed by atoms with Crippen LogP contribution in [0.1, 0.15) is 37.7 Å². The summed E-state index contributed by atoms with van der Waals surface area (Å²) in [5.74, 6) is 0.583. The fraction of sp³-hybridized carbons (Fsp3) is 0.611. The maximum Gasteiger partial charge on any atom is 0.411 e. The van der Waals surface area contributed by atoms with Crippen LogP contribution in [0.4, 0.5) is 10.5 Å². The molecule has 1 aromatic rings. The molecule has 7 heteroatoms. The highest BCUT2D eigenvalue weighted by molar-refractivity contribution is 6.33. The van der Waals surface area contributed by atoms with Gasteiger partial charge in [-0.05, 0) is 26.0 Å². The van der Waals surface area contributed by atoms with Gasteiger partial charge in [0.25, 0.3) is 0 Å². The quantitative estimate of drug-likeness (QED) is 0.767. The van der Waals surface area contributed by atoms with E-state index in [4.69, 9.17) is 26.8 Å². The van der Waals surface area contributed by atoms with Gasteiger partial charge in [0.05, 0.1) is 17.8 Å². The lowest BCUT2D eigenvalue weighted by atomic mass is 9.94. The molecule has 1 saturated carbocycles. The summed E-state index contributed by atoms with van der Waals surface area (Å²) >= 11 is 6.18. The molecule has 25 heavy (non-hydrogen) atoms. The summed E-state index contributed by atoms with van der Waals surface area (Å²) in [5.41, 5.74) is 6.87. The molecule has 0 unspecified atom stereocenters. The van der Waals surface area contributed by atoms with Crippen molar-refractivity contribution in [2.75, 3.05) is 32.6 Å². The molecule has 140 valence electrons. The molecule has 0 aliphatic heterocycles. The Morgan fingerprint density at radius 1 is 1.36 bits per heavy atom. The van der Waals surface area contributed by atoms with E-state index in [1.165, 1.54) is 32.1 Å². The largest absolute Gasteiger partial charge is 0.496 e. The number of benzene rings is 1. The lowest BCUT2D eigenvalue weighted by molar-refractivity contribution is 0.123. The van der Waals surface area contributed by atoms with Gasteiger partial charge >= 0.3 is 6.09 Å². The minimum atomic E-state index is -0.526. The molecule has 1 fully saturated rings. The molecular weight excluding hydrogens is 342 g/mol. The average molecular weight is 370 g/mol. The first-order valence-electron chi connectivity index (χ1n) is 8.75. The monoisotopic (exact) mass is 369 g/mol. The Morgan fingerprint density at radius 2 is 2.08 bits per heavy atom. The molecule has 0 bridgehead atoms. The summed E-state index contributed by atoms with van der Waals surface area (Å²) in [6.45, 7) is 1.37. The molecule has 0 heterocycles. The van der Waals surface area contributed by atoms with E-state index in [1.54, 1.807) is 19.2 Å². The Kier molecular flexibility index (Phi) is 7.81. The summed E-state index contributed by atoms with van der Waals surface area (Å²) in [6.07, 6.45) is 5.83. The van der Waals surface area contributed by atoms with Gasteiger partial charge in [-0.2, -0.15) is 0 Å². The lowest BCUT2D eigenvalue weighted by Crippen LogP contribution is -2.36. The molecule has 2 rings (SSSR count). The highest BCUT2D eigenvalue weighted by atomic mass is 35.5. The van der Waals surface area contributed by atoms with E-state index in [2.05, 4.69) is 17.3 Å². The normalized spacial score (nSPS) is 15.2. The van der Waals surface area contributed by atoms with Crippen LogP contribution < -0.4 is 15.8 Å². The molecule has 1 amide bonds. The third kappa shape index (κ3) is 5.76. The van der Waals surface area contributed by atoms with Gasteiger partial charge in [-0.3, -0.25) is 5.32 Å². The van der Waals surface area contributed by atoms with Crippen LogP contribution in [-0.4, -0.2) is 44.3 Å². The number of hydrogen-bond acceptors (Lipinski definition) is 5. The number of likely N-dealkylation sites (N-methyl/N-ethyl adjacent to an activating group) is 1. The summed E-state index contributed by atoms with van der Waals surface area (Å²) in [6, 6.07) is 3.94. The molecule has 0 spiro atoms. The number of hydrogen-bond donors (Lipinski definition) is 2. The predicted molar refractivity (Wildman–Crippen MR) is 100 cm³/mol. The van der Waals surface area contributed by atoms with E-state index < -0.39 is 6.09 Å². The highest BCUT2D eigenvalue weighted by Gasteiger charge is 2.18. The SMILES string of the molecule is COc1cc(NC(=O)OCCN(C)C2CCCCC2)c(Cl)cc1CN. The van der Waals surface area contributed by atoms with E-state index in [9.17, 15) is 4.79 Å². The Labute approximate surface area is 154 Å². The van der Waals surface area contributed by atoms with Crippen molar-refractivity contribution >= 4 is 23.4 Å². The number of carbonyl (C=O) groups excluding carboxylic acids is 1. The topological polar surface area (TPSA) is 76.8 Å². The predicted octanol–water partition coefficient (Wildman–Crippen LogP) is 3.62. The third-order valence-corrected chi connectivity index (χ3v) is 5.01. The van der Waals surface area contributed by atoms with Gasteiger partial charge in [-0.25, -0.2) is 4.79 Å². The second kappa shape index (κ2) is 9.85. The van der Waals surface area contributed by atoms with Gasteiger partial charge in [-0.1, -0.05) is 30.9 Å². The van der Waals surface area contributed by atoms with Crippen LogP contribution in [0.25, 0.3) is 0 Å². The van der Waals surface area contributed by atoms with Crippen molar-refractivity contribution in [3.8, 4) is 5.75 Å². The Balaban J connectivity index is 1.81.